The molecule has 1 heterocycles. The predicted molar refractivity (Wildman–Crippen MR) is 75.7 cm³/mol. The fraction of sp³-hybridized carbons (Fsp3) is 0.500. The van der Waals surface area contributed by atoms with Gasteiger partial charge in [-0.2, -0.15) is 0 Å². The number of hydrogen-bond donors (Lipinski definition) is 1. The molecule has 0 fully saturated rings. The van der Waals surface area contributed by atoms with E-state index < -0.39 is 0 Å². The van der Waals surface area contributed by atoms with Gasteiger partial charge in [-0.1, -0.05) is 30.3 Å². The van der Waals surface area contributed by atoms with E-state index >= 15 is 0 Å². The molecule has 18 heavy (non-hydrogen) atoms. The van der Waals surface area contributed by atoms with Crippen LogP contribution in [0.3, 0.4) is 0 Å². The van der Waals surface area contributed by atoms with Crippen LogP contribution in [0.5, 0.6) is 0 Å². The third-order valence-corrected chi connectivity index (χ3v) is 3.13. The molecule has 0 saturated carbocycles. The highest BCUT2D eigenvalue weighted by Gasteiger charge is 2.11. The van der Waals surface area contributed by atoms with Gasteiger partial charge in [0.2, 0.25) is 0 Å². The highest BCUT2D eigenvalue weighted by atomic mass is 15.3. The monoisotopic (exact) mass is 246 g/mol. The maximum Gasteiger partial charge on any atom is 0.193 e. The lowest BCUT2D eigenvalue weighted by Gasteiger charge is -2.19. The Labute approximate surface area is 109 Å². The molecule has 0 aliphatic carbocycles. The van der Waals surface area contributed by atoms with Gasteiger partial charge < -0.3 is 15.1 Å². The van der Waals surface area contributed by atoms with Gasteiger partial charge in [0.05, 0.1) is 6.54 Å². The summed E-state index contributed by atoms with van der Waals surface area (Å²) in [7, 11) is 4.22. The number of guanidine groups is 1. The Morgan fingerprint density at radius 3 is 2.78 bits per heavy atom. The number of rotatable bonds is 5. The third kappa shape index (κ3) is 3.74. The molecular formula is C14H22N4. The summed E-state index contributed by atoms with van der Waals surface area (Å²) in [6.45, 7) is 4.89. The maximum absolute atomic E-state index is 4.41. The minimum atomic E-state index is 0.915. The Balaban J connectivity index is 1.67. The van der Waals surface area contributed by atoms with E-state index in [9.17, 15) is 0 Å². The lowest BCUT2D eigenvalue weighted by atomic mass is 10.2. The molecule has 1 N–H and O–H groups in total. The molecule has 0 radical (unpaired) electrons. The largest absolute Gasteiger partial charge is 0.355 e. The first-order valence-electron chi connectivity index (χ1n) is 6.47. The van der Waals surface area contributed by atoms with Crippen LogP contribution in [0.4, 0.5) is 0 Å². The van der Waals surface area contributed by atoms with Crippen molar-refractivity contribution in [3.05, 3.63) is 35.9 Å². The average Bonchev–Trinajstić information content (AvgIpc) is 2.76. The molecule has 1 aliphatic rings. The molecule has 4 nitrogen and oxygen atoms in total. The van der Waals surface area contributed by atoms with Crippen LogP contribution in [0.1, 0.15) is 5.56 Å². The molecule has 0 saturated heterocycles. The summed E-state index contributed by atoms with van der Waals surface area (Å²) in [5.41, 5.74) is 1.36. The number of benzene rings is 1. The molecule has 0 atom stereocenters. The van der Waals surface area contributed by atoms with E-state index in [4.69, 9.17) is 0 Å². The van der Waals surface area contributed by atoms with Crippen LogP contribution in [-0.2, 0) is 6.54 Å². The van der Waals surface area contributed by atoms with Gasteiger partial charge in [0.25, 0.3) is 0 Å². The Morgan fingerprint density at radius 1 is 1.33 bits per heavy atom. The van der Waals surface area contributed by atoms with E-state index in [1.807, 2.05) is 0 Å². The van der Waals surface area contributed by atoms with Gasteiger partial charge in [-0.15, -0.1) is 0 Å². The SMILES string of the molecule is CN(CCNC1=NCCN1C)Cc1ccccc1. The highest BCUT2D eigenvalue weighted by Crippen LogP contribution is 2.01. The van der Waals surface area contributed by atoms with Gasteiger partial charge in [-0.3, -0.25) is 4.99 Å². The van der Waals surface area contributed by atoms with Gasteiger partial charge in [0.1, 0.15) is 0 Å². The Kier molecular flexibility index (Phi) is 4.59. The number of likely N-dealkylation sites (N-methyl/N-ethyl adjacent to an activating group) is 2. The number of nitrogens with one attached hydrogen (secondary N) is 1. The second kappa shape index (κ2) is 6.40. The number of aliphatic imine (C=N–C) groups is 1. The summed E-state index contributed by atoms with van der Waals surface area (Å²) in [6.07, 6.45) is 0. The van der Waals surface area contributed by atoms with Crippen LogP contribution >= 0.6 is 0 Å². The molecule has 0 unspecified atom stereocenters. The van der Waals surface area contributed by atoms with E-state index in [-0.39, 0.29) is 0 Å². The smallest absolute Gasteiger partial charge is 0.193 e. The Bertz CT molecular complexity index is 388. The molecule has 0 aromatic heterocycles. The summed E-state index contributed by atoms with van der Waals surface area (Å²) < 4.78 is 0. The molecule has 98 valence electrons. The summed E-state index contributed by atoms with van der Waals surface area (Å²) in [6, 6.07) is 10.6. The van der Waals surface area contributed by atoms with Crippen LogP contribution in [0.25, 0.3) is 0 Å². The van der Waals surface area contributed by atoms with E-state index in [2.05, 4.69) is 64.5 Å². The molecule has 1 aromatic carbocycles. The molecule has 0 bridgehead atoms. The van der Waals surface area contributed by atoms with Crippen molar-refractivity contribution in [2.24, 2.45) is 4.99 Å². The van der Waals surface area contributed by atoms with Crippen LogP contribution in [0.2, 0.25) is 0 Å². The van der Waals surface area contributed by atoms with Crippen molar-refractivity contribution in [2.45, 2.75) is 6.54 Å². The summed E-state index contributed by atoms with van der Waals surface area (Å²) >= 11 is 0. The third-order valence-electron chi connectivity index (χ3n) is 3.13. The van der Waals surface area contributed by atoms with Gasteiger partial charge in [0, 0.05) is 33.2 Å². The van der Waals surface area contributed by atoms with E-state index in [0.717, 1.165) is 38.7 Å². The Hall–Kier alpha value is -1.55. The van der Waals surface area contributed by atoms with Crippen LogP contribution in [0, 0.1) is 0 Å². The number of hydrogen-bond acceptors (Lipinski definition) is 4. The quantitative estimate of drug-likeness (QED) is 0.841. The van der Waals surface area contributed by atoms with Gasteiger partial charge in [-0.05, 0) is 12.6 Å². The van der Waals surface area contributed by atoms with Crippen molar-refractivity contribution in [1.29, 1.82) is 0 Å². The molecule has 0 amide bonds. The second-order valence-electron chi connectivity index (χ2n) is 4.78. The lowest BCUT2D eigenvalue weighted by Crippen LogP contribution is -2.39. The highest BCUT2D eigenvalue weighted by molar-refractivity contribution is 5.81. The average molecular weight is 246 g/mol. The fourth-order valence-corrected chi connectivity index (χ4v) is 2.06. The topological polar surface area (TPSA) is 30.9 Å². The van der Waals surface area contributed by atoms with Crippen molar-refractivity contribution in [1.82, 2.24) is 15.1 Å². The van der Waals surface area contributed by atoms with E-state index in [0.29, 0.717) is 0 Å². The predicted octanol–water partition coefficient (Wildman–Crippen LogP) is 1.01. The maximum atomic E-state index is 4.41. The lowest BCUT2D eigenvalue weighted by molar-refractivity contribution is 0.330. The standard InChI is InChI=1S/C14H22N4/c1-17(12-13-6-4-3-5-7-13)10-8-15-14-16-9-11-18(14)2/h3-7H,8-12H2,1-2H3,(H,15,16). The first-order chi connectivity index (χ1) is 8.75. The van der Waals surface area contributed by atoms with Gasteiger partial charge >= 0.3 is 0 Å². The molecule has 4 heteroatoms. The first-order valence-corrected chi connectivity index (χ1v) is 6.47. The van der Waals surface area contributed by atoms with Crippen molar-refractivity contribution >= 4 is 5.96 Å². The van der Waals surface area contributed by atoms with Gasteiger partial charge in [-0.25, -0.2) is 0 Å². The van der Waals surface area contributed by atoms with Crippen LogP contribution < -0.4 is 5.32 Å². The van der Waals surface area contributed by atoms with Gasteiger partial charge in [0.15, 0.2) is 5.96 Å². The van der Waals surface area contributed by atoms with Crippen LogP contribution in [0.15, 0.2) is 35.3 Å². The van der Waals surface area contributed by atoms with Crippen molar-refractivity contribution in [3.63, 3.8) is 0 Å². The molecular weight excluding hydrogens is 224 g/mol. The summed E-state index contributed by atoms with van der Waals surface area (Å²) in [4.78, 5) is 8.89. The molecule has 1 aliphatic heterocycles. The molecule has 2 rings (SSSR count). The van der Waals surface area contributed by atoms with E-state index in [1.54, 1.807) is 0 Å². The van der Waals surface area contributed by atoms with Crippen molar-refractivity contribution < 1.29 is 0 Å². The zero-order valence-electron chi connectivity index (χ0n) is 11.3. The first kappa shape index (κ1) is 12.9. The van der Waals surface area contributed by atoms with Crippen LogP contribution in [-0.4, -0.2) is 56.0 Å². The summed E-state index contributed by atoms with van der Waals surface area (Å²) in [5, 5.41) is 3.38. The molecule has 1 aromatic rings. The van der Waals surface area contributed by atoms with Crippen molar-refractivity contribution in [3.8, 4) is 0 Å². The Morgan fingerprint density at radius 2 is 2.11 bits per heavy atom. The zero-order chi connectivity index (χ0) is 12.8. The number of nitrogens with zero attached hydrogens (tertiary/aromatic N) is 3. The minimum absolute atomic E-state index is 0.915. The normalized spacial score (nSPS) is 15.1. The zero-order valence-corrected chi connectivity index (χ0v) is 11.3. The fourth-order valence-electron chi connectivity index (χ4n) is 2.06. The van der Waals surface area contributed by atoms with Crippen molar-refractivity contribution in [2.75, 3.05) is 40.3 Å². The molecule has 0 spiro atoms. The second-order valence-corrected chi connectivity index (χ2v) is 4.78. The van der Waals surface area contributed by atoms with E-state index in [1.165, 1.54) is 5.56 Å². The summed E-state index contributed by atoms with van der Waals surface area (Å²) in [5.74, 6) is 1.03. The minimum Gasteiger partial charge on any atom is -0.355 e.